The number of hydrogen-bond acceptors (Lipinski definition) is 7. The fraction of sp³-hybridized carbons (Fsp3) is 0.696. The Morgan fingerprint density at radius 3 is 2.82 bits per heavy atom. The Balaban J connectivity index is 1.17. The van der Waals surface area contributed by atoms with Crippen LogP contribution in [0.5, 0.6) is 5.19 Å². The van der Waals surface area contributed by atoms with Crippen LogP contribution >= 0.6 is 11.3 Å². The monoisotopic (exact) mass is 500 g/mol. The number of rotatable bonds is 9. The molecule has 0 bridgehead atoms. The molecule has 0 radical (unpaired) electrons. The number of carbonyl (C=O) groups excluding carboxylic acids is 1. The Morgan fingerprint density at radius 2 is 2.12 bits per heavy atom. The minimum atomic E-state index is -2.51. The molecular formula is C23H31F3N4O3S. The lowest BCUT2D eigenvalue weighted by atomic mass is 9.81. The predicted molar refractivity (Wildman–Crippen MR) is 121 cm³/mol. The summed E-state index contributed by atoms with van der Waals surface area (Å²) < 4.78 is 50.5. The van der Waals surface area contributed by atoms with Gasteiger partial charge in [-0.1, -0.05) is 11.3 Å². The molecule has 0 spiro atoms. The van der Waals surface area contributed by atoms with Gasteiger partial charge >= 0.3 is 0 Å². The highest BCUT2D eigenvalue weighted by atomic mass is 32.1. The quantitative estimate of drug-likeness (QED) is 0.563. The van der Waals surface area contributed by atoms with E-state index in [0.29, 0.717) is 61.9 Å². The van der Waals surface area contributed by atoms with Gasteiger partial charge in [-0.25, -0.2) is 23.1 Å². The standard InChI is InChI=1S/C23H31F3N4O3S/c1-15-27-13-17(33-15)12-21(31)28-16-2-6-23(26,7-3-16)8-11-30-9-4-18-19(5-10-30)34-22(29-18)32-14-20(24)25/h13,16,20H,2-12,14H2,1H3,(H,28,31). The van der Waals surface area contributed by atoms with Crippen LogP contribution in [-0.4, -0.2) is 65.2 Å². The van der Waals surface area contributed by atoms with Crippen LogP contribution in [0.4, 0.5) is 13.2 Å². The lowest BCUT2D eigenvalue weighted by molar-refractivity contribution is -0.121. The number of alkyl halides is 3. The molecule has 0 unspecified atom stereocenters. The van der Waals surface area contributed by atoms with Gasteiger partial charge in [0, 0.05) is 43.9 Å². The summed E-state index contributed by atoms with van der Waals surface area (Å²) in [5, 5.41) is 3.30. The maximum Gasteiger partial charge on any atom is 0.273 e. The zero-order valence-electron chi connectivity index (χ0n) is 19.3. The summed E-state index contributed by atoms with van der Waals surface area (Å²) in [4.78, 5) is 23.9. The molecule has 2 aliphatic rings. The van der Waals surface area contributed by atoms with Gasteiger partial charge in [0.2, 0.25) is 5.91 Å². The SMILES string of the molecule is Cc1ncc(CC(=O)NC2CCC(F)(CCN3CCc4nc(OCC(F)F)sc4CC3)CC2)o1. The van der Waals surface area contributed by atoms with Gasteiger partial charge in [0.15, 0.2) is 12.5 Å². The Morgan fingerprint density at radius 1 is 1.35 bits per heavy atom. The Kier molecular flexibility index (Phi) is 8.13. The number of amides is 1. The Labute approximate surface area is 201 Å². The highest BCUT2D eigenvalue weighted by Crippen LogP contribution is 2.35. The van der Waals surface area contributed by atoms with Crippen LogP contribution in [0.1, 0.15) is 54.3 Å². The zero-order valence-corrected chi connectivity index (χ0v) is 20.1. The molecule has 3 heterocycles. The van der Waals surface area contributed by atoms with Crippen molar-refractivity contribution in [1.29, 1.82) is 0 Å². The number of oxazole rings is 1. The second kappa shape index (κ2) is 11.1. The minimum Gasteiger partial charge on any atom is -0.464 e. The molecular weight excluding hydrogens is 469 g/mol. The fourth-order valence-corrected chi connectivity index (χ4v) is 5.57. The van der Waals surface area contributed by atoms with E-state index in [0.717, 1.165) is 30.1 Å². The van der Waals surface area contributed by atoms with Crippen LogP contribution < -0.4 is 10.1 Å². The average Bonchev–Trinajstić information content (AvgIpc) is 3.33. The third-order valence-corrected chi connectivity index (χ3v) is 7.61. The van der Waals surface area contributed by atoms with Gasteiger partial charge in [-0.2, -0.15) is 0 Å². The largest absolute Gasteiger partial charge is 0.464 e. The second-order valence-corrected chi connectivity index (χ2v) is 10.2. The van der Waals surface area contributed by atoms with Crippen LogP contribution in [0, 0.1) is 6.92 Å². The van der Waals surface area contributed by atoms with E-state index >= 15 is 4.39 Å². The third kappa shape index (κ3) is 6.94. The van der Waals surface area contributed by atoms with E-state index in [1.54, 1.807) is 13.1 Å². The van der Waals surface area contributed by atoms with Crippen molar-refractivity contribution in [3.8, 4) is 5.19 Å². The number of fused-ring (bicyclic) bond motifs is 1. The number of nitrogens with one attached hydrogen (secondary N) is 1. The van der Waals surface area contributed by atoms with Crippen molar-refractivity contribution in [2.75, 3.05) is 26.2 Å². The fourth-order valence-electron chi connectivity index (χ4n) is 4.62. The molecule has 7 nitrogen and oxygen atoms in total. The van der Waals surface area contributed by atoms with Crippen LogP contribution in [0.15, 0.2) is 10.6 Å². The van der Waals surface area contributed by atoms with E-state index in [-0.39, 0.29) is 18.4 Å². The van der Waals surface area contributed by atoms with Crippen molar-refractivity contribution >= 4 is 17.2 Å². The van der Waals surface area contributed by atoms with Crippen LogP contribution in [0.2, 0.25) is 0 Å². The average molecular weight is 501 g/mol. The summed E-state index contributed by atoms with van der Waals surface area (Å²) in [6.45, 7) is 3.32. The summed E-state index contributed by atoms with van der Waals surface area (Å²) in [5.74, 6) is 0.938. The van der Waals surface area contributed by atoms with Gasteiger partial charge < -0.3 is 19.4 Å². The molecule has 1 aliphatic carbocycles. The van der Waals surface area contributed by atoms with E-state index in [1.165, 1.54) is 11.3 Å². The van der Waals surface area contributed by atoms with Crippen molar-refractivity contribution in [3.63, 3.8) is 0 Å². The third-order valence-electron chi connectivity index (χ3n) is 6.54. The molecule has 1 N–H and O–H groups in total. The highest BCUT2D eigenvalue weighted by Gasteiger charge is 2.36. The van der Waals surface area contributed by atoms with Crippen LogP contribution in [-0.2, 0) is 24.1 Å². The maximum absolute atomic E-state index is 15.4. The number of halogens is 3. The second-order valence-electron chi connectivity index (χ2n) is 9.16. The molecule has 34 heavy (non-hydrogen) atoms. The maximum atomic E-state index is 15.4. The molecule has 4 rings (SSSR count). The van der Waals surface area contributed by atoms with E-state index in [2.05, 4.69) is 20.2 Å². The number of carbonyl (C=O) groups is 1. The van der Waals surface area contributed by atoms with E-state index in [4.69, 9.17) is 9.15 Å². The van der Waals surface area contributed by atoms with Crippen LogP contribution in [0.25, 0.3) is 0 Å². The van der Waals surface area contributed by atoms with Crippen molar-refractivity contribution in [1.82, 2.24) is 20.2 Å². The van der Waals surface area contributed by atoms with E-state index in [1.807, 2.05) is 0 Å². The zero-order chi connectivity index (χ0) is 24.1. The smallest absolute Gasteiger partial charge is 0.273 e. The lowest BCUT2D eigenvalue weighted by Gasteiger charge is -2.35. The number of thiazole rings is 1. The summed E-state index contributed by atoms with van der Waals surface area (Å²) in [6.07, 6.45) is 3.26. The van der Waals surface area contributed by atoms with Gasteiger partial charge in [-0.15, -0.1) is 0 Å². The van der Waals surface area contributed by atoms with E-state index in [9.17, 15) is 13.6 Å². The molecule has 1 fully saturated rings. The molecule has 188 valence electrons. The van der Waals surface area contributed by atoms with Gasteiger partial charge in [0.25, 0.3) is 11.6 Å². The van der Waals surface area contributed by atoms with Gasteiger partial charge in [-0.3, -0.25) is 4.79 Å². The first-order chi connectivity index (χ1) is 16.3. The van der Waals surface area contributed by atoms with Crippen molar-refractivity contribution in [2.45, 2.75) is 76.4 Å². The minimum absolute atomic E-state index is 0.0119. The lowest BCUT2D eigenvalue weighted by Crippen LogP contribution is -2.43. The summed E-state index contributed by atoms with van der Waals surface area (Å²) >= 11 is 1.33. The molecule has 1 saturated carbocycles. The molecule has 11 heteroatoms. The molecule has 0 aromatic carbocycles. The highest BCUT2D eigenvalue weighted by molar-refractivity contribution is 7.13. The number of ether oxygens (including phenoxy) is 1. The molecule has 1 aliphatic heterocycles. The Hall–Kier alpha value is -2.14. The molecule has 0 atom stereocenters. The molecule has 0 saturated heterocycles. The predicted octanol–water partition coefficient (Wildman–Crippen LogP) is 3.88. The van der Waals surface area contributed by atoms with Crippen LogP contribution in [0.3, 0.4) is 0 Å². The van der Waals surface area contributed by atoms with Crippen molar-refractivity contribution < 1.29 is 27.1 Å². The van der Waals surface area contributed by atoms with E-state index < -0.39 is 18.7 Å². The first kappa shape index (κ1) is 25.0. The first-order valence-corrected chi connectivity index (χ1v) is 12.6. The number of hydrogen-bond donors (Lipinski definition) is 1. The number of aromatic nitrogens is 2. The Bertz CT molecular complexity index is 934. The number of nitrogens with zero attached hydrogens (tertiary/aromatic N) is 3. The molecule has 1 amide bonds. The van der Waals surface area contributed by atoms with Gasteiger partial charge in [0.05, 0.1) is 18.3 Å². The van der Waals surface area contributed by atoms with Crippen molar-refractivity contribution in [2.24, 2.45) is 0 Å². The molecule has 2 aromatic rings. The van der Waals surface area contributed by atoms with Gasteiger partial charge in [-0.05, 0) is 38.5 Å². The summed E-state index contributed by atoms with van der Waals surface area (Å²) in [7, 11) is 0. The summed E-state index contributed by atoms with van der Waals surface area (Å²) in [6, 6.07) is -0.0119. The first-order valence-electron chi connectivity index (χ1n) is 11.8. The topological polar surface area (TPSA) is 80.5 Å². The van der Waals surface area contributed by atoms with Gasteiger partial charge in [0.1, 0.15) is 11.4 Å². The normalized spacial score (nSPS) is 23.5. The van der Waals surface area contributed by atoms with Crippen molar-refractivity contribution in [3.05, 3.63) is 28.4 Å². The molecule has 2 aromatic heterocycles. The summed E-state index contributed by atoms with van der Waals surface area (Å²) in [5.41, 5.74) is -0.307. The number of aryl methyl sites for hydroxylation is 1.